The summed E-state index contributed by atoms with van der Waals surface area (Å²) in [4.78, 5) is 10.9. The van der Waals surface area contributed by atoms with E-state index >= 15 is 0 Å². The summed E-state index contributed by atoms with van der Waals surface area (Å²) in [7, 11) is 0. The zero-order valence-corrected chi connectivity index (χ0v) is 8.47. The SMILES string of the molecule is C.C=C(C)C(=O)OCCOCCCC. The van der Waals surface area contributed by atoms with Gasteiger partial charge in [-0.2, -0.15) is 0 Å². The first-order valence-corrected chi connectivity index (χ1v) is 4.58. The van der Waals surface area contributed by atoms with E-state index in [0.717, 1.165) is 19.4 Å². The lowest BCUT2D eigenvalue weighted by Crippen LogP contribution is -2.11. The van der Waals surface area contributed by atoms with Crippen LogP contribution in [-0.2, 0) is 14.3 Å². The lowest BCUT2D eigenvalue weighted by molar-refractivity contribution is -0.140. The summed E-state index contributed by atoms with van der Waals surface area (Å²) < 4.78 is 10.0. The molecule has 14 heavy (non-hydrogen) atoms. The van der Waals surface area contributed by atoms with Gasteiger partial charge in [0.2, 0.25) is 0 Å². The zero-order valence-electron chi connectivity index (χ0n) is 8.47. The van der Waals surface area contributed by atoms with Crippen LogP contribution in [0.15, 0.2) is 12.2 Å². The molecule has 0 saturated carbocycles. The maximum atomic E-state index is 10.9. The number of esters is 1. The van der Waals surface area contributed by atoms with Crippen molar-refractivity contribution in [3.8, 4) is 0 Å². The van der Waals surface area contributed by atoms with Gasteiger partial charge in [0.25, 0.3) is 0 Å². The van der Waals surface area contributed by atoms with Gasteiger partial charge < -0.3 is 9.47 Å². The van der Waals surface area contributed by atoms with Gasteiger partial charge >= 0.3 is 5.97 Å². The van der Waals surface area contributed by atoms with Gasteiger partial charge in [-0.3, -0.25) is 0 Å². The Kier molecular flexibility index (Phi) is 11.4. The molecule has 0 rings (SSSR count). The highest BCUT2D eigenvalue weighted by molar-refractivity contribution is 5.86. The lowest BCUT2D eigenvalue weighted by Gasteiger charge is -2.04. The summed E-state index contributed by atoms with van der Waals surface area (Å²) >= 11 is 0. The van der Waals surface area contributed by atoms with Crippen molar-refractivity contribution in [2.75, 3.05) is 19.8 Å². The van der Waals surface area contributed by atoms with Gasteiger partial charge in [-0.15, -0.1) is 0 Å². The van der Waals surface area contributed by atoms with Crippen LogP contribution in [-0.4, -0.2) is 25.8 Å². The van der Waals surface area contributed by atoms with Gasteiger partial charge in [0.15, 0.2) is 0 Å². The van der Waals surface area contributed by atoms with E-state index in [2.05, 4.69) is 13.5 Å². The Bertz CT molecular complexity index is 164. The summed E-state index contributed by atoms with van der Waals surface area (Å²) in [5.41, 5.74) is 0.425. The minimum Gasteiger partial charge on any atom is -0.460 e. The molecule has 0 aromatic heterocycles. The Morgan fingerprint density at radius 1 is 1.29 bits per heavy atom. The third kappa shape index (κ3) is 9.26. The normalized spacial score (nSPS) is 9.00. The van der Waals surface area contributed by atoms with Crippen molar-refractivity contribution in [3.05, 3.63) is 12.2 Å². The van der Waals surface area contributed by atoms with Crippen molar-refractivity contribution >= 4 is 5.97 Å². The van der Waals surface area contributed by atoms with Crippen LogP contribution < -0.4 is 0 Å². The van der Waals surface area contributed by atoms with Crippen molar-refractivity contribution in [1.82, 2.24) is 0 Å². The quantitative estimate of drug-likeness (QED) is 0.361. The highest BCUT2D eigenvalue weighted by Crippen LogP contribution is 1.92. The first-order valence-electron chi connectivity index (χ1n) is 4.58. The highest BCUT2D eigenvalue weighted by atomic mass is 16.6. The Hall–Kier alpha value is -0.830. The molecule has 3 heteroatoms. The van der Waals surface area contributed by atoms with Crippen molar-refractivity contribution in [2.24, 2.45) is 0 Å². The fourth-order valence-electron chi connectivity index (χ4n) is 0.665. The second kappa shape index (κ2) is 10.3. The maximum absolute atomic E-state index is 10.9. The first kappa shape index (κ1) is 15.6. The largest absolute Gasteiger partial charge is 0.460 e. The van der Waals surface area contributed by atoms with Crippen LogP contribution in [0.4, 0.5) is 0 Å². The fraction of sp³-hybridized carbons (Fsp3) is 0.727. The van der Waals surface area contributed by atoms with Gasteiger partial charge in [0.1, 0.15) is 6.61 Å². The van der Waals surface area contributed by atoms with Gasteiger partial charge in [0.05, 0.1) is 6.61 Å². The fourth-order valence-corrected chi connectivity index (χ4v) is 0.665. The van der Waals surface area contributed by atoms with Crippen LogP contribution in [0.25, 0.3) is 0 Å². The average molecular weight is 202 g/mol. The number of unbranched alkanes of at least 4 members (excludes halogenated alkanes) is 1. The molecule has 3 nitrogen and oxygen atoms in total. The number of hydrogen-bond donors (Lipinski definition) is 0. The van der Waals surface area contributed by atoms with E-state index in [1.807, 2.05) is 0 Å². The van der Waals surface area contributed by atoms with Crippen molar-refractivity contribution < 1.29 is 14.3 Å². The molecule has 0 aliphatic carbocycles. The minimum atomic E-state index is -0.348. The average Bonchev–Trinajstić information content (AvgIpc) is 2.10. The summed E-state index contributed by atoms with van der Waals surface area (Å²) in [5.74, 6) is -0.348. The van der Waals surface area contributed by atoms with Gasteiger partial charge in [0, 0.05) is 12.2 Å². The van der Waals surface area contributed by atoms with Crippen LogP contribution in [0.5, 0.6) is 0 Å². The summed E-state index contributed by atoms with van der Waals surface area (Å²) in [6.07, 6.45) is 2.17. The third-order valence-corrected chi connectivity index (χ3v) is 1.45. The predicted octanol–water partition coefficient (Wildman–Crippen LogP) is 2.56. The first-order chi connectivity index (χ1) is 6.18. The van der Waals surface area contributed by atoms with E-state index in [1.54, 1.807) is 6.92 Å². The van der Waals surface area contributed by atoms with Gasteiger partial charge in [-0.1, -0.05) is 27.4 Å². The van der Waals surface area contributed by atoms with Crippen molar-refractivity contribution in [1.29, 1.82) is 0 Å². The summed E-state index contributed by atoms with van der Waals surface area (Å²) in [6.45, 7) is 8.72. The highest BCUT2D eigenvalue weighted by Gasteiger charge is 2.01. The molecule has 0 fully saturated rings. The molecule has 0 aromatic carbocycles. The molecule has 0 bridgehead atoms. The molecule has 0 aliphatic heterocycles. The molecular formula is C11H22O3. The van der Waals surface area contributed by atoms with Gasteiger partial charge in [-0.25, -0.2) is 4.79 Å². The number of ether oxygens (including phenoxy) is 2. The van der Waals surface area contributed by atoms with Crippen LogP contribution >= 0.6 is 0 Å². The molecule has 0 saturated heterocycles. The third-order valence-electron chi connectivity index (χ3n) is 1.45. The van der Waals surface area contributed by atoms with E-state index in [0.29, 0.717) is 18.8 Å². The number of hydrogen-bond acceptors (Lipinski definition) is 3. The Morgan fingerprint density at radius 3 is 2.43 bits per heavy atom. The number of carbonyl (C=O) groups is 1. The van der Waals surface area contributed by atoms with E-state index in [9.17, 15) is 4.79 Å². The molecule has 0 amide bonds. The Labute approximate surface area is 87.1 Å². The number of rotatable bonds is 7. The lowest BCUT2D eigenvalue weighted by atomic mass is 10.4. The monoisotopic (exact) mass is 202 g/mol. The van der Waals surface area contributed by atoms with Crippen molar-refractivity contribution in [3.63, 3.8) is 0 Å². The molecular weight excluding hydrogens is 180 g/mol. The molecule has 0 aromatic rings. The standard InChI is InChI=1S/C10H18O3.CH4/c1-4-5-6-12-7-8-13-10(11)9(2)3;/h2,4-8H2,1,3H3;1H4. The smallest absolute Gasteiger partial charge is 0.333 e. The van der Waals surface area contributed by atoms with E-state index < -0.39 is 0 Å². The van der Waals surface area contributed by atoms with Gasteiger partial charge in [-0.05, 0) is 13.3 Å². The van der Waals surface area contributed by atoms with E-state index in [4.69, 9.17) is 9.47 Å². The molecule has 0 heterocycles. The molecule has 0 radical (unpaired) electrons. The van der Waals surface area contributed by atoms with E-state index in [1.165, 1.54) is 0 Å². The summed E-state index contributed by atoms with van der Waals surface area (Å²) in [6, 6.07) is 0. The number of carbonyl (C=O) groups excluding carboxylic acids is 1. The molecule has 0 atom stereocenters. The topological polar surface area (TPSA) is 35.5 Å². The van der Waals surface area contributed by atoms with Crippen molar-refractivity contribution in [2.45, 2.75) is 34.1 Å². The molecule has 0 aliphatic rings. The Morgan fingerprint density at radius 2 is 1.93 bits per heavy atom. The summed E-state index contributed by atoms with van der Waals surface area (Å²) in [5, 5.41) is 0. The zero-order chi connectivity index (χ0) is 10.1. The van der Waals surface area contributed by atoms with Crippen LogP contribution in [0.3, 0.4) is 0 Å². The molecule has 84 valence electrons. The maximum Gasteiger partial charge on any atom is 0.333 e. The molecule has 0 spiro atoms. The second-order valence-corrected chi connectivity index (χ2v) is 2.88. The predicted molar refractivity (Wildman–Crippen MR) is 58.2 cm³/mol. The second-order valence-electron chi connectivity index (χ2n) is 2.88. The van der Waals surface area contributed by atoms with Crippen LogP contribution in [0, 0.1) is 0 Å². The minimum absolute atomic E-state index is 0. The van der Waals surface area contributed by atoms with E-state index in [-0.39, 0.29) is 13.4 Å². The Balaban J connectivity index is 0. The van der Waals surface area contributed by atoms with Crippen LogP contribution in [0.1, 0.15) is 34.1 Å². The molecule has 0 unspecified atom stereocenters. The molecule has 0 N–H and O–H groups in total. The van der Waals surface area contributed by atoms with Crippen LogP contribution in [0.2, 0.25) is 0 Å².